The number of hydrogen-bond acceptors (Lipinski definition) is 3. The van der Waals surface area contributed by atoms with Crippen molar-refractivity contribution in [3.63, 3.8) is 0 Å². The van der Waals surface area contributed by atoms with E-state index in [-0.39, 0.29) is 16.2 Å². The Bertz CT molecular complexity index is 598. The van der Waals surface area contributed by atoms with Gasteiger partial charge in [0.25, 0.3) is 0 Å². The Morgan fingerprint density at radius 3 is 2.60 bits per heavy atom. The van der Waals surface area contributed by atoms with E-state index in [0.29, 0.717) is 24.4 Å². The Morgan fingerprint density at radius 2 is 2.10 bits per heavy atom. The number of hydrogen-bond donors (Lipinski definition) is 0. The first-order valence-corrected chi connectivity index (χ1v) is 8.51. The standard InChI is InChI=1S/C14H20ClNO3S/c1-14(2)6-7-16(10-14)20(17,18)12-4-5-13(19-3)11(8-12)9-15/h4-5,8H,6-7,9-10H2,1-3H3. The fourth-order valence-electron chi connectivity index (χ4n) is 2.44. The summed E-state index contributed by atoms with van der Waals surface area (Å²) in [6, 6.07) is 4.84. The zero-order valence-corrected chi connectivity index (χ0v) is 13.6. The molecule has 20 heavy (non-hydrogen) atoms. The van der Waals surface area contributed by atoms with Gasteiger partial charge in [-0.05, 0) is 30.0 Å². The molecule has 0 radical (unpaired) electrons. The molecule has 1 fully saturated rings. The maximum absolute atomic E-state index is 12.6. The van der Waals surface area contributed by atoms with E-state index in [4.69, 9.17) is 16.3 Å². The van der Waals surface area contributed by atoms with Crippen molar-refractivity contribution in [3.8, 4) is 5.75 Å². The summed E-state index contributed by atoms with van der Waals surface area (Å²) >= 11 is 5.85. The lowest BCUT2D eigenvalue weighted by molar-refractivity contribution is 0.375. The average molecular weight is 318 g/mol. The van der Waals surface area contributed by atoms with Gasteiger partial charge in [0.05, 0.1) is 17.9 Å². The molecule has 1 heterocycles. The zero-order valence-electron chi connectivity index (χ0n) is 12.0. The van der Waals surface area contributed by atoms with E-state index < -0.39 is 10.0 Å². The maximum atomic E-state index is 12.6. The summed E-state index contributed by atoms with van der Waals surface area (Å²) < 4.78 is 32.0. The van der Waals surface area contributed by atoms with E-state index in [1.807, 2.05) is 0 Å². The molecule has 0 aromatic heterocycles. The van der Waals surface area contributed by atoms with E-state index in [9.17, 15) is 8.42 Å². The van der Waals surface area contributed by atoms with Crippen molar-refractivity contribution >= 4 is 21.6 Å². The van der Waals surface area contributed by atoms with Crippen LogP contribution in [0, 0.1) is 5.41 Å². The summed E-state index contributed by atoms with van der Waals surface area (Å²) in [5.41, 5.74) is 0.725. The van der Waals surface area contributed by atoms with Crippen LogP contribution in [0.3, 0.4) is 0 Å². The number of rotatable bonds is 4. The maximum Gasteiger partial charge on any atom is 0.243 e. The van der Waals surface area contributed by atoms with E-state index in [2.05, 4.69) is 13.8 Å². The molecule has 2 rings (SSSR count). The SMILES string of the molecule is COc1ccc(S(=O)(=O)N2CCC(C)(C)C2)cc1CCl. The van der Waals surface area contributed by atoms with Crippen molar-refractivity contribution < 1.29 is 13.2 Å². The predicted molar refractivity (Wildman–Crippen MR) is 79.7 cm³/mol. The van der Waals surface area contributed by atoms with E-state index in [0.717, 1.165) is 6.42 Å². The minimum atomic E-state index is -3.45. The zero-order chi connectivity index (χ0) is 15.0. The molecule has 0 bridgehead atoms. The summed E-state index contributed by atoms with van der Waals surface area (Å²) in [5, 5.41) is 0. The highest BCUT2D eigenvalue weighted by molar-refractivity contribution is 7.89. The smallest absolute Gasteiger partial charge is 0.243 e. The van der Waals surface area contributed by atoms with Gasteiger partial charge in [0, 0.05) is 18.7 Å². The summed E-state index contributed by atoms with van der Waals surface area (Å²) in [5.74, 6) is 0.832. The molecule has 1 aliphatic rings. The van der Waals surface area contributed by atoms with Crippen LogP contribution in [0.2, 0.25) is 0 Å². The van der Waals surface area contributed by atoms with Gasteiger partial charge >= 0.3 is 0 Å². The highest BCUT2D eigenvalue weighted by atomic mass is 35.5. The van der Waals surface area contributed by atoms with Crippen LogP contribution in [0.25, 0.3) is 0 Å². The van der Waals surface area contributed by atoms with E-state index in [1.165, 1.54) is 0 Å². The van der Waals surface area contributed by atoms with Gasteiger partial charge in [0.2, 0.25) is 10.0 Å². The van der Waals surface area contributed by atoms with Crippen LogP contribution < -0.4 is 4.74 Å². The number of benzene rings is 1. The van der Waals surface area contributed by atoms with Crippen LogP contribution in [-0.2, 0) is 15.9 Å². The minimum Gasteiger partial charge on any atom is -0.496 e. The van der Waals surface area contributed by atoms with Gasteiger partial charge < -0.3 is 4.74 Å². The van der Waals surface area contributed by atoms with Crippen LogP contribution in [0.4, 0.5) is 0 Å². The van der Waals surface area contributed by atoms with Crippen LogP contribution in [0.5, 0.6) is 5.75 Å². The monoisotopic (exact) mass is 317 g/mol. The summed E-state index contributed by atoms with van der Waals surface area (Å²) in [4.78, 5) is 0.284. The second kappa shape index (κ2) is 5.54. The summed E-state index contributed by atoms with van der Waals surface area (Å²) in [7, 11) is -1.90. The second-order valence-electron chi connectivity index (χ2n) is 5.86. The molecule has 0 amide bonds. The molecule has 0 spiro atoms. The average Bonchev–Trinajstić information content (AvgIpc) is 2.78. The molecule has 6 heteroatoms. The molecule has 0 saturated carbocycles. The lowest BCUT2D eigenvalue weighted by atomic mass is 9.93. The van der Waals surface area contributed by atoms with Gasteiger partial charge in [-0.15, -0.1) is 11.6 Å². The molecule has 4 nitrogen and oxygen atoms in total. The fourth-order valence-corrected chi connectivity index (χ4v) is 4.33. The van der Waals surface area contributed by atoms with Gasteiger partial charge in [-0.1, -0.05) is 13.8 Å². The van der Waals surface area contributed by atoms with Gasteiger partial charge in [0.15, 0.2) is 0 Å². The highest BCUT2D eigenvalue weighted by Crippen LogP contribution is 2.33. The van der Waals surface area contributed by atoms with Gasteiger partial charge in [-0.25, -0.2) is 8.42 Å². The Hall–Kier alpha value is -0.780. The molecule has 0 unspecified atom stereocenters. The predicted octanol–water partition coefficient (Wildman–Crippen LogP) is 2.85. The van der Waals surface area contributed by atoms with Crippen LogP contribution >= 0.6 is 11.6 Å². The number of nitrogens with zero attached hydrogens (tertiary/aromatic N) is 1. The minimum absolute atomic E-state index is 0.0366. The Kier molecular flexibility index (Phi) is 4.33. The first-order valence-electron chi connectivity index (χ1n) is 6.53. The fraction of sp³-hybridized carbons (Fsp3) is 0.571. The van der Waals surface area contributed by atoms with Crippen LogP contribution in [-0.4, -0.2) is 32.9 Å². The molecule has 0 N–H and O–H groups in total. The number of alkyl halides is 1. The van der Waals surface area contributed by atoms with Crippen LogP contribution in [0.15, 0.2) is 23.1 Å². The molecule has 1 aromatic carbocycles. The molecular weight excluding hydrogens is 298 g/mol. The van der Waals surface area contributed by atoms with Gasteiger partial charge in [0.1, 0.15) is 5.75 Å². The molecule has 0 aliphatic carbocycles. The van der Waals surface area contributed by atoms with Crippen molar-refractivity contribution in [3.05, 3.63) is 23.8 Å². The molecule has 112 valence electrons. The molecule has 0 atom stereocenters. The third-order valence-corrected chi connectivity index (χ3v) is 5.81. The third kappa shape index (κ3) is 2.95. The topological polar surface area (TPSA) is 46.6 Å². The number of sulfonamides is 1. The summed E-state index contributed by atoms with van der Waals surface area (Å²) in [6.45, 7) is 5.29. The quantitative estimate of drug-likeness (QED) is 0.802. The summed E-state index contributed by atoms with van der Waals surface area (Å²) in [6.07, 6.45) is 0.880. The molecule has 1 aromatic rings. The van der Waals surface area contributed by atoms with Crippen molar-refractivity contribution in [2.75, 3.05) is 20.2 Å². The van der Waals surface area contributed by atoms with Gasteiger partial charge in [-0.3, -0.25) is 0 Å². The Balaban J connectivity index is 2.35. The van der Waals surface area contributed by atoms with Crippen LogP contribution in [0.1, 0.15) is 25.8 Å². The Labute approximate surface area is 125 Å². The van der Waals surface area contributed by atoms with Crippen molar-refractivity contribution in [1.29, 1.82) is 0 Å². The van der Waals surface area contributed by atoms with Crippen molar-refractivity contribution in [1.82, 2.24) is 4.31 Å². The normalized spacial score (nSPS) is 19.2. The highest BCUT2D eigenvalue weighted by Gasteiger charge is 2.36. The second-order valence-corrected chi connectivity index (χ2v) is 8.07. The third-order valence-electron chi connectivity index (χ3n) is 3.68. The van der Waals surface area contributed by atoms with Crippen molar-refractivity contribution in [2.45, 2.75) is 31.0 Å². The van der Waals surface area contributed by atoms with E-state index >= 15 is 0 Å². The molecular formula is C14H20ClNO3S. The number of ether oxygens (including phenoxy) is 1. The number of halogens is 1. The first-order chi connectivity index (χ1) is 9.30. The number of methoxy groups -OCH3 is 1. The largest absolute Gasteiger partial charge is 0.496 e. The molecule has 1 saturated heterocycles. The van der Waals surface area contributed by atoms with E-state index in [1.54, 1.807) is 29.6 Å². The van der Waals surface area contributed by atoms with Gasteiger partial charge in [-0.2, -0.15) is 4.31 Å². The lowest BCUT2D eigenvalue weighted by Crippen LogP contribution is -2.30. The lowest BCUT2D eigenvalue weighted by Gasteiger charge is -2.20. The Morgan fingerprint density at radius 1 is 1.40 bits per heavy atom. The first kappa shape index (κ1) is 15.6. The molecule has 1 aliphatic heterocycles. The van der Waals surface area contributed by atoms with Crippen molar-refractivity contribution in [2.24, 2.45) is 5.41 Å².